The summed E-state index contributed by atoms with van der Waals surface area (Å²) in [5.41, 5.74) is 1.17. The normalized spacial score (nSPS) is 11.4. The molecule has 0 aliphatic heterocycles. The monoisotopic (exact) mass is 587 g/mol. The number of aromatic nitrogens is 2. The second-order valence-electron chi connectivity index (χ2n) is 11.5. The number of amides is 1. The first-order valence-corrected chi connectivity index (χ1v) is 18.6. The third-order valence-electron chi connectivity index (χ3n) is 6.71. The molecule has 41 heavy (non-hydrogen) atoms. The van der Waals surface area contributed by atoms with Gasteiger partial charge in [-0.15, -0.1) is 0 Å². The summed E-state index contributed by atoms with van der Waals surface area (Å²) in [5, 5.41) is 0. The number of esters is 2. The van der Waals surface area contributed by atoms with Crippen LogP contribution in [0.1, 0.15) is 90.5 Å². The first-order chi connectivity index (χ1) is 19.6. The summed E-state index contributed by atoms with van der Waals surface area (Å²) in [6.07, 6.45) is 7.09. The van der Waals surface area contributed by atoms with Gasteiger partial charge < -0.3 is 23.7 Å². The number of imidazole rings is 1. The molecule has 0 N–H and O–H groups in total. The molecule has 2 aromatic rings. The lowest BCUT2D eigenvalue weighted by molar-refractivity contribution is 0.0500. The molecule has 0 saturated carbocycles. The van der Waals surface area contributed by atoms with Gasteiger partial charge in [0.05, 0.1) is 24.8 Å². The SMILES string of the molecule is CCCCOC(=O)c1cc(C(=O)OC)ccc1-c1nc(C(=O)N(CCCC)CCCC)cn1COCC[Si](C)(C)C. The number of methoxy groups -OCH3 is 1. The van der Waals surface area contributed by atoms with Crippen LogP contribution in [0.15, 0.2) is 24.4 Å². The van der Waals surface area contributed by atoms with Crippen LogP contribution in [-0.4, -0.2) is 73.8 Å². The standard InChI is InChI=1S/C31H49N3O6Si/c1-8-11-16-33(17-12-9-2)29(35)27-22-34(23-39-19-20-41(5,6)7)28(32-27)25-15-14-24(30(36)38-4)21-26(25)31(37)40-18-13-10-3/h14-15,21-22H,8-13,16-20,23H2,1-7H3. The van der Waals surface area contributed by atoms with Crippen LogP contribution in [0, 0.1) is 0 Å². The van der Waals surface area contributed by atoms with E-state index in [2.05, 4.69) is 33.5 Å². The average molecular weight is 588 g/mol. The maximum Gasteiger partial charge on any atom is 0.338 e. The Morgan fingerprint density at radius 3 is 2.17 bits per heavy atom. The van der Waals surface area contributed by atoms with E-state index in [0.717, 1.165) is 44.6 Å². The number of ether oxygens (including phenoxy) is 3. The molecule has 0 unspecified atom stereocenters. The maximum atomic E-state index is 13.7. The second kappa shape index (κ2) is 17.1. The van der Waals surface area contributed by atoms with Gasteiger partial charge in [-0.1, -0.05) is 59.7 Å². The van der Waals surface area contributed by atoms with E-state index >= 15 is 0 Å². The van der Waals surface area contributed by atoms with Crippen LogP contribution < -0.4 is 0 Å². The van der Waals surface area contributed by atoms with E-state index in [0.29, 0.717) is 36.8 Å². The van der Waals surface area contributed by atoms with Gasteiger partial charge in [0, 0.05) is 39.5 Å². The van der Waals surface area contributed by atoms with Gasteiger partial charge in [0.15, 0.2) is 0 Å². The quantitative estimate of drug-likeness (QED) is 0.109. The molecular formula is C31H49N3O6Si. The van der Waals surface area contributed by atoms with Gasteiger partial charge in [-0.25, -0.2) is 14.6 Å². The third kappa shape index (κ3) is 10.7. The average Bonchev–Trinajstić information content (AvgIpc) is 3.37. The highest BCUT2D eigenvalue weighted by molar-refractivity contribution is 6.76. The fourth-order valence-electron chi connectivity index (χ4n) is 4.09. The Hall–Kier alpha value is -2.98. The van der Waals surface area contributed by atoms with Crippen molar-refractivity contribution >= 4 is 25.9 Å². The number of carbonyl (C=O) groups is 3. The Labute approximate surface area is 246 Å². The molecule has 0 radical (unpaired) electrons. The second-order valence-corrected chi connectivity index (χ2v) is 17.1. The number of rotatable bonds is 18. The minimum Gasteiger partial charge on any atom is -0.465 e. The Kier molecular flexibility index (Phi) is 14.3. The minimum absolute atomic E-state index is 0.146. The summed E-state index contributed by atoms with van der Waals surface area (Å²) in [4.78, 5) is 45.8. The van der Waals surface area contributed by atoms with Crippen molar-refractivity contribution in [3.63, 3.8) is 0 Å². The highest BCUT2D eigenvalue weighted by Gasteiger charge is 2.25. The number of nitrogens with zero attached hydrogens (tertiary/aromatic N) is 3. The van der Waals surface area contributed by atoms with E-state index in [1.165, 1.54) is 13.2 Å². The predicted molar refractivity (Wildman–Crippen MR) is 164 cm³/mol. The van der Waals surface area contributed by atoms with Gasteiger partial charge in [0.2, 0.25) is 0 Å². The summed E-state index contributed by atoms with van der Waals surface area (Å²) >= 11 is 0. The van der Waals surface area contributed by atoms with Crippen molar-refractivity contribution < 1.29 is 28.6 Å². The lowest BCUT2D eigenvalue weighted by Gasteiger charge is -2.21. The van der Waals surface area contributed by atoms with E-state index in [9.17, 15) is 14.4 Å². The number of carbonyl (C=O) groups excluding carboxylic acids is 3. The maximum absolute atomic E-state index is 13.7. The van der Waals surface area contributed by atoms with Crippen molar-refractivity contribution in [2.75, 3.05) is 33.4 Å². The molecule has 0 saturated heterocycles. The molecule has 9 nitrogen and oxygen atoms in total. The van der Waals surface area contributed by atoms with Gasteiger partial charge in [-0.3, -0.25) is 4.79 Å². The zero-order valence-corrected chi connectivity index (χ0v) is 27.1. The van der Waals surface area contributed by atoms with E-state index in [1.807, 2.05) is 11.8 Å². The zero-order chi connectivity index (χ0) is 30.4. The van der Waals surface area contributed by atoms with Crippen molar-refractivity contribution in [1.29, 1.82) is 0 Å². The van der Waals surface area contributed by atoms with Gasteiger partial charge in [0.1, 0.15) is 18.2 Å². The number of unbranched alkanes of at least 4 members (excludes halogenated alkanes) is 3. The Morgan fingerprint density at radius 2 is 1.59 bits per heavy atom. The molecule has 0 aliphatic rings. The molecule has 0 spiro atoms. The zero-order valence-electron chi connectivity index (χ0n) is 26.1. The number of hydrogen-bond acceptors (Lipinski definition) is 7. The molecule has 0 fully saturated rings. The van der Waals surface area contributed by atoms with Crippen LogP contribution in [0.25, 0.3) is 11.4 Å². The smallest absolute Gasteiger partial charge is 0.338 e. The van der Waals surface area contributed by atoms with Crippen molar-refractivity contribution in [2.45, 2.75) is 91.7 Å². The highest BCUT2D eigenvalue weighted by atomic mass is 28.3. The van der Waals surface area contributed by atoms with Crippen LogP contribution in [0.2, 0.25) is 25.7 Å². The van der Waals surface area contributed by atoms with Crippen molar-refractivity contribution in [2.24, 2.45) is 0 Å². The van der Waals surface area contributed by atoms with Crippen molar-refractivity contribution in [1.82, 2.24) is 14.5 Å². The lowest BCUT2D eigenvalue weighted by Crippen LogP contribution is -2.33. The largest absolute Gasteiger partial charge is 0.465 e. The fraction of sp³-hybridized carbons (Fsp3) is 0.613. The first-order valence-electron chi connectivity index (χ1n) is 14.9. The van der Waals surface area contributed by atoms with E-state index in [-0.39, 0.29) is 30.4 Å². The first kappa shape index (κ1) is 34.2. The predicted octanol–water partition coefficient (Wildman–Crippen LogP) is 6.65. The van der Waals surface area contributed by atoms with E-state index in [1.54, 1.807) is 22.9 Å². The topological polar surface area (TPSA) is 100.0 Å². The van der Waals surface area contributed by atoms with Crippen molar-refractivity contribution in [3.05, 3.63) is 41.2 Å². The molecule has 1 aromatic carbocycles. The van der Waals surface area contributed by atoms with E-state index in [4.69, 9.17) is 19.2 Å². The van der Waals surface area contributed by atoms with Crippen LogP contribution in [-0.2, 0) is 20.9 Å². The molecule has 2 rings (SSSR count). The molecule has 0 aliphatic carbocycles. The third-order valence-corrected chi connectivity index (χ3v) is 8.41. The molecular weight excluding hydrogens is 538 g/mol. The summed E-state index contributed by atoms with van der Waals surface area (Å²) in [6.45, 7) is 15.4. The highest BCUT2D eigenvalue weighted by Crippen LogP contribution is 2.27. The van der Waals surface area contributed by atoms with Gasteiger partial charge >= 0.3 is 11.9 Å². The van der Waals surface area contributed by atoms with Crippen LogP contribution in [0.3, 0.4) is 0 Å². The van der Waals surface area contributed by atoms with Crippen LogP contribution in [0.5, 0.6) is 0 Å². The number of hydrogen-bond donors (Lipinski definition) is 0. The molecule has 10 heteroatoms. The number of benzene rings is 1. The van der Waals surface area contributed by atoms with Gasteiger partial charge in [-0.05, 0) is 43.5 Å². The Balaban J connectivity index is 2.57. The molecule has 1 aromatic heterocycles. The summed E-state index contributed by atoms with van der Waals surface area (Å²) < 4.78 is 18.2. The van der Waals surface area contributed by atoms with Gasteiger partial charge in [-0.2, -0.15) is 0 Å². The lowest BCUT2D eigenvalue weighted by atomic mass is 10.0. The van der Waals surface area contributed by atoms with Crippen molar-refractivity contribution in [3.8, 4) is 11.4 Å². The summed E-state index contributed by atoms with van der Waals surface area (Å²) in [7, 11) is -0.0103. The summed E-state index contributed by atoms with van der Waals surface area (Å²) in [5.74, 6) is -0.859. The minimum atomic E-state index is -1.30. The van der Waals surface area contributed by atoms with Crippen LogP contribution in [0.4, 0.5) is 0 Å². The Morgan fingerprint density at radius 1 is 0.927 bits per heavy atom. The molecule has 228 valence electrons. The molecule has 0 atom stereocenters. The molecule has 1 amide bonds. The van der Waals surface area contributed by atoms with Crippen LogP contribution >= 0.6 is 0 Å². The molecule has 0 bridgehead atoms. The fourth-order valence-corrected chi connectivity index (χ4v) is 4.85. The van der Waals surface area contributed by atoms with Gasteiger partial charge in [0.25, 0.3) is 5.91 Å². The van der Waals surface area contributed by atoms with E-state index < -0.39 is 20.0 Å². The Bertz CT molecular complexity index is 1130. The molecule has 1 heterocycles. The summed E-state index contributed by atoms with van der Waals surface area (Å²) in [6, 6.07) is 5.71.